The lowest BCUT2D eigenvalue weighted by molar-refractivity contribution is -0.118. The zero-order valence-corrected chi connectivity index (χ0v) is 15.3. The largest absolute Gasteiger partial charge is 0.356 e. The number of carbonyl (C=O) groups is 2. The molecule has 1 fully saturated rings. The zero-order valence-electron chi connectivity index (χ0n) is 13.7. The highest BCUT2D eigenvalue weighted by Gasteiger charge is 2.26. The number of aromatic nitrogens is 1. The summed E-state index contributed by atoms with van der Waals surface area (Å²) in [5.74, 6) is 0.587. The molecule has 5 nitrogen and oxygen atoms in total. The van der Waals surface area contributed by atoms with Crippen LogP contribution in [0.4, 0.5) is 0 Å². The van der Waals surface area contributed by atoms with Crippen LogP contribution in [-0.2, 0) is 11.2 Å². The van der Waals surface area contributed by atoms with Crippen molar-refractivity contribution in [2.24, 2.45) is 0 Å². The van der Waals surface area contributed by atoms with Crippen molar-refractivity contribution in [3.63, 3.8) is 0 Å². The van der Waals surface area contributed by atoms with Gasteiger partial charge in [-0.1, -0.05) is 6.07 Å². The number of carbonyl (C=O) groups excluding carboxylic acids is 2. The molecule has 1 saturated heterocycles. The maximum absolute atomic E-state index is 12.4. The minimum Gasteiger partial charge on any atom is -0.356 e. The maximum atomic E-state index is 12.4. The minimum absolute atomic E-state index is 0.00627. The summed E-state index contributed by atoms with van der Waals surface area (Å²) in [6.45, 7) is 3.74. The number of thiazole rings is 1. The first-order valence-corrected chi connectivity index (χ1v) is 9.91. The van der Waals surface area contributed by atoms with Crippen molar-refractivity contribution in [2.75, 3.05) is 19.6 Å². The van der Waals surface area contributed by atoms with E-state index in [9.17, 15) is 9.59 Å². The standard InChI is InChI=1S/C17H21N3O2S2/c1-12(21)18-7-4-14-11-24-16(19-14)13-5-8-20(9-6-13)17(22)15-3-2-10-23-15/h2-3,10-11,13H,4-9H2,1H3,(H,18,21). The van der Waals surface area contributed by atoms with Gasteiger partial charge < -0.3 is 10.2 Å². The fourth-order valence-electron chi connectivity index (χ4n) is 2.88. The lowest BCUT2D eigenvalue weighted by atomic mass is 9.97. The average Bonchev–Trinajstić information content (AvgIpc) is 3.26. The third-order valence-corrected chi connectivity index (χ3v) is 6.10. The molecule has 0 saturated carbocycles. The van der Waals surface area contributed by atoms with Crippen molar-refractivity contribution in [1.29, 1.82) is 0 Å². The first kappa shape index (κ1) is 17.1. The van der Waals surface area contributed by atoms with Gasteiger partial charge in [0.2, 0.25) is 5.91 Å². The fraction of sp³-hybridized carbons (Fsp3) is 0.471. The number of nitrogens with zero attached hydrogens (tertiary/aromatic N) is 2. The molecule has 0 aromatic carbocycles. The topological polar surface area (TPSA) is 62.3 Å². The monoisotopic (exact) mass is 363 g/mol. The summed E-state index contributed by atoms with van der Waals surface area (Å²) in [6, 6.07) is 3.81. The number of amides is 2. The molecule has 1 aliphatic rings. The first-order chi connectivity index (χ1) is 11.6. The Morgan fingerprint density at radius 2 is 2.12 bits per heavy atom. The van der Waals surface area contributed by atoms with Gasteiger partial charge >= 0.3 is 0 Å². The van der Waals surface area contributed by atoms with Gasteiger partial charge in [0, 0.05) is 44.3 Å². The Kier molecular flexibility index (Phi) is 5.63. The second kappa shape index (κ2) is 7.90. The molecule has 0 bridgehead atoms. The van der Waals surface area contributed by atoms with E-state index in [1.54, 1.807) is 11.3 Å². The van der Waals surface area contributed by atoms with Crippen LogP contribution in [-0.4, -0.2) is 41.3 Å². The van der Waals surface area contributed by atoms with Crippen LogP contribution < -0.4 is 5.32 Å². The molecule has 0 radical (unpaired) electrons. The molecule has 0 spiro atoms. The van der Waals surface area contributed by atoms with Crippen LogP contribution in [0.15, 0.2) is 22.9 Å². The van der Waals surface area contributed by atoms with E-state index >= 15 is 0 Å². The number of thiophene rings is 1. The summed E-state index contributed by atoms with van der Waals surface area (Å²) >= 11 is 3.20. The van der Waals surface area contributed by atoms with E-state index in [1.807, 2.05) is 22.4 Å². The molecular weight excluding hydrogens is 342 g/mol. The summed E-state index contributed by atoms with van der Waals surface area (Å²) in [7, 11) is 0. The Balaban J connectivity index is 1.50. The highest BCUT2D eigenvalue weighted by Crippen LogP contribution is 2.31. The molecule has 2 aromatic rings. The smallest absolute Gasteiger partial charge is 0.263 e. The molecule has 0 atom stereocenters. The van der Waals surface area contributed by atoms with Gasteiger partial charge in [0.05, 0.1) is 15.6 Å². The van der Waals surface area contributed by atoms with E-state index in [1.165, 1.54) is 18.3 Å². The van der Waals surface area contributed by atoms with Crippen molar-refractivity contribution in [2.45, 2.75) is 32.1 Å². The molecule has 2 amide bonds. The first-order valence-electron chi connectivity index (χ1n) is 8.15. The summed E-state index contributed by atoms with van der Waals surface area (Å²) in [6.07, 6.45) is 2.71. The zero-order chi connectivity index (χ0) is 16.9. The predicted molar refractivity (Wildman–Crippen MR) is 96.7 cm³/mol. The Labute approximate surface area is 149 Å². The van der Waals surface area contributed by atoms with E-state index in [0.717, 1.165) is 47.9 Å². The molecule has 3 rings (SSSR count). The van der Waals surface area contributed by atoms with Crippen LogP contribution in [0.1, 0.15) is 46.1 Å². The minimum atomic E-state index is -0.00627. The van der Waals surface area contributed by atoms with E-state index in [-0.39, 0.29) is 11.8 Å². The predicted octanol–water partition coefficient (Wildman–Crippen LogP) is 2.90. The van der Waals surface area contributed by atoms with Gasteiger partial charge in [-0.25, -0.2) is 4.98 Å². The fourth-order valence-corrected chi connectivity index (χ4v) is 4.59. The molecule has 3 heterocycles. The van der Waals surface area contributed by atoms with Crippen molar-refractivity contribution in [3.05, 3.63) is 38.5 Å². The molecule has 128 valence electrons. The van der Waals surface area contributed by atoms with Gasteiger partial charge in [-0.15, -0.1) is 22.7 Å². The second-order valence-corrected chi connectivity index (χ2v) is 7.79. The van der Waals surface area contributed by atoms with Gasteiger partial charge in [0.25, 0.3) is 5.91 Å². The van der Waals surface area contributed by atoms with Crippen molar-refractivity contribution in [1.82, 2.24) is 15.2 Å². The number of rotatable bonds is 5. The second-order valence-electron chi connectivity index (χ2n) is 5.95. The summed E-state index contributed by atoms with van der Waals surface area (Å²) in [4.78, 5) is 30.8. The third kappa shape index (κ3) is 4.21. The number of likely N-dealkylation sites (tertiary alicyclic amines) is 1. The molecule has 2 aromatic heterocycles. The molecule has 0 aliphatic carbocycles. The van der Waals surface area contributed by atoms with E-state index < -0.39 is 0 Å². The van der Waals surface area contributed by atoms with Crippen molar-refractivity contribution >= 4 is 34.5 Å². The van der Waals surface area contributed by atoms with E-state index in [2.05, 4.69) is 10.7 Å². The molecular formula is C17H21N3O2S2. The molecule has 7 heteroatoms. The highest BCUT2D eigenvalue weighted by atomic mass is 32.1. The van der Waals surface area contributed by atoms with Crippen molar-refractivity contribution in [3.8, 4) is 0 Å². The van der Waals surface area contributed by atoms with Crippen LogP contribution in [0.5, 0.6) is 0 Å². The average molecular weight is 364 g/mol. The molecule has 24 heavy (non-hydrogen) atoms. The summed E-state index contributed by atoms with van der Waals surface area (Å²) in [5.41, 5.74) is 1.04. The van der Waals surface area contributed by atoms with E-state index in [0.29, 0.717) is 12.5 Å². The molecule has 1 N–H and O–H groups in total. The van der Waals surface area contributed by atoms with Gasteiger partial charge in [0.15, 0.2) is 0 Å². The van der Waals surface area contributed by atoms with Gasteiger partial charge in [-0.3, -0.25) is 9.59 Å². The highest BCUT2D eigenvalue weighted by molar-refractivity contribution is 7.12. The van der Waals surface area contributed by atoms with Crippen LogP contribution in [0, 0.1) is 0 Å². The summed E-state index contributed by atoms with van der Waals surface area (Å²) in [5, 5.41) is 7.99. The number of hydrogen-bond donors (Lipinski definition) is 1. The quantitative estimate of drug-likeness (QED) is 0.888. The van der Waals surface area contributed by atoms with E-state index in [4.69, 9.17) is 4.98 Å². The third-order valence-electron chi connectivity index (χ3n) is 4.19. The van der Waals surface area contributed by atoms with Gasteiger partial charge in [-0.05, 0) is 24.3 Å². The van der Waals surface area contributed by atoms with Crippen LogP contribution in [0.25, 0.3) is 0 Å². The Morgan fingerprint density at radius 3 is 2.79 bits per heavy atom. The normalized spacial score (nSPS) is 15.5. The van der Waals surface area contributed by atoms with Crippen LogP contribution in [0.2, 0.25) is 0 Å². The number of hydrogen-bond acceptors (Lipinski definition) is 5. The Morgan fingerprint density at radius 1 is 1.33 bits per heavy atom. The van der Waals surface area contributed by atoms with Crippen LogP contribution in [0.3, 0.4) is 0 Å². The molecule has 1 aliphatic heterocycles. The van der Waals surface area contributed by atoms with Crippen LogP contribution >= 0.6 is 22.7 Å². The Bertz CT molecular complexity index is 689. The lowest BCUT2D eigenvalue weighted by Gasteiger charge is -2.30. The summed E-state index contributed by atoms with van der Waals surface area (Å²) < 4.78 is 0. The van der Waals surface area contributed by atoms with Gasteiger partial charge in [0.1, 0.15) is 0 Å². The SMILES string of the molecule is CC(=O)NCCc1csc(C2CCN(C(=O)c3cccs3)CC2)n1. The number of piperidine rings is 1. The maximum Gasteiger partial charge on any atom is 0.263 e. The lowest BCUT2D eigenvalue weighted by Crippen LogP contribution is -2.37. The van der Waals surface area contributed by atoms with Gasteiger partial charge in [-0.2, -0.15) is 0 Å². The molecule has 0 unspecified atom stereocenters. The Hall–Kier alpha value is -1.73. The number of nitrogens with one attached hydrogen (secondary N) is 1. The van der Waals surface area contributed by atoms with Crippen molar-refractivity contribution < 1.29 is 9.59 Å².